The summed E-state index contributed by atoms with van der Waals surface area (Å²) in [6.07, 6.45) is 1.33. The van der Waals surface area contributed by atoms with Crippen molar-refractivity contribution in [2.45, 2.75) is 25.8 Å². The predicted molar refractivity (Wildman–Crippen MR) is 122 cm³/mol. The minimum Gasteiger partial charge on any atom is -0.496 e. The third kappa shape index (κ3) is 4.67. The van der Waals surface area contributed by atoms with Crippen molar-refractivity contribution in [3.8, 4) is 5.75 Å². The number of piperidine rings is 1. The van der Waals surface area contributed by atoms with Crippen molar-refractivity contribution in [3.05, 3.63) is 77.4 Å². The number of likely N-dealkylation sites (tertiary alicyclic amines) is 1. The van der Waals surface area contributed by atoms with Gasteiger partial charge >= 0.3 is 0 Å². The fraction of sp³-hybridized carbons (Fsp3) is 0.308. The predicted octanol–water partition coefficient (Wildman–Crippen LogP) is 4.86. The quantitative estimate of drug-likeness (QED) is 0.602. The highest BCUT2D eigenvalue weighted by Crippen LogP contribution is 2.30. The number of rotatable bonds is 5. The largest absolute Gasteiger partial charge is 0.496 e. The van der Waals surface area contributed by atoms with E-state index in [9.17, 15) is 18.4 Å². The van der Waals surface area contributed by atoms with E-state index in [1.807, 2.05) is 24.3 Å². The summed E-state index contributed by atoms with van der Waals surface area (Å²) in [5, 5.41) is 4.47. The van der Waals surface area contributed by atoms with Crippen LogP contribution < -0.4 is 10.1 Å². The fourth-order valence-electron chi connectivity index (χ4n) is 4.44. The van der Waals surface area contributed by atoms with Gasteiger partial charge in [-0.15, -0.1) is 0 Å². The summed E-state index contributed by atoms with van der Waals surface area (Å²) in [4.78, 5) is 28.0. The van der Waals surface area contributed by atoms with Gasteiger partial charge in [0.25, 0.3) is 5.91 Å². The molecule has 1 aliphatic rings. The van der Waals surface area contributed by atoms with E-state index in [4.69, 9.17) is 4.74 Å². The molecule has 3 aromatic carbocycles. The van der Waals surface area contributed by atoms with Crippen LogP contribution in [0.4, 0.5) is 8.78 Å². The SMILES string of the molecule is COc1ccc(C(=O)N2CCC[C@@H](C(=O)N[C@@H](C)c3ccc(F)cc3F)C2)c2ccccc12. The van der Waals surface area contributed by atoms with Crippen LogP contribution in [0.15, 0.2) is 54.6 Å². The number of amides is 2. The van der Waals surface area contributed by atoms with Crippen molar-refractivity contribution >= 4 is 22.6 Å². The highest BCUT2D eigenvalue weighted by molar-refractivity contribution is 6.08. The number of carbonyl (C=O) groups is 2. The lowest BCUT2D eigenvalue weighted by Crippen LogP contribution is -2.46. The molecule has 0 radical (unpaired) electrons. The third-order valence-electron chi connectivity index (χ3n) is 6.20. The topological polar surface area (TPSA) is 58.6 Å². The van der Waals surface area contributed by atoms with E-state index >= 15 is 0 Å². The summed E-state index contributed by atoms with van der Waals surface area (Å²) in [6, 6.07) is 13.8. The molecular weight excluding hydrogens is 426 g/mol. The molecule has 172 valence electrons. The maximum absolute atomic E-state index is 14.1. The first-order valence-corrected chi connectivity index (χ1v) is 11.0. The second-order valence-electron chi connectivity index (χ2n) is 8.35. The average Bonchev–Trinajstić information content (AvgIpc) is 2.82. The molecule has 1 N–H and O–H groups in total. The number of benzene rings is 3. The number of carbonyl (C=O) groups excluding carboxylic acids is 2. The Morgan fingerprint density at radius 1 is 1.09 bits per heavy atom. The summed E-state index contributed by atoms with van der Waals surface area (Å²) < 4.78 is 32.7. The van der Waals surface area contributed by atoms with Gasteiger partial charge in [0.2, 0.25) is 5.91 Å². The Balaban J connectivity index is 1.49. The first-order valence-electron chi connectivity index (χ1n) is 11.0. The van der Waals surface area contributed by atoms with Crippen molar-refractivity contribution < 1.29 is 23.1 Å². The van der Waals surface area contributed by atoms with Crippen molar-refractivity contribution in [3.63, 3.8) is 0 Å². The van der Waals surface area contributed by atoms with Crippen LogP contribution in [0.3, 0.4) is 0 Å². The van der Waals surface area contributed by atoms with E-state index < -0.39 is 23.6 Å². The van der Waals surface area contributed by atoms with Crippen LogP contribution >= 0.6 is 0 Å². The van der Waals surface area contributed by atoms with Crippen molar-refractivity contribution in [2.75, 3.05) is 20.2 Å². The van der Waals surface area contributed by atoms with Crippen LogP contribution in [-0.4, -0.2) is 36.9 Å². The normalized spacial score (nSPS) is 17.0. The number of fused-ring (bicyclic) bond motifs is 1. The number of halogens is 2. The molecule has 3 aromatic rings. The summed E-state index contributed by atoms with van der Waals surface area (Å²) in [5.74, 6) is -1.46. The van der Waals surface area contributed by atoms with Gasteiger partial charge in [-0.1, -0.05) is 30.3 Å². The molecule has 1 fully saturated rings. The van der Waals surface area contributed by atoms with Crippen LogP contribution in [-0.2, 0) is 4.79 Å². The van der Waals surface area contributed by atoms with Gasteiger partial charge in [0.05, 0.1) is 19.1 Å². The number of nitrogens with zero attached hydrogens (tertiary/aromatic N) is 1. The second-order valence-corrected chi connectivity index (χ2v) is 8.35. The molecule has 1 saturated heterocycles. The summed E-state index contributed by atoms with van der Waals surface area (Å²) in [6.45, 7) is 2.50. The summed E-state index contributed by atoms with van der Waals surface area (Å²) >= 11 is 0. The number of hydrogen-bond acceptors (Lipinski definition) is 3. The molecule has 0 bridgehead atoms. The Morgan fingerprint density at radius 3 is 2.58 bits per heavy atom. The fourth-order valence-corrected chi connectivity index (χ4v) is 4.44. The van der Waals surface area contributed by atoms with Gasteiger partial charge < -0.3 is 15.0 Å². The Kier molecular flexibility index (Phi) is 6.58. The van der Waals surface area contributed by atoms with E-state index in [2.05, 4.69) is 5.32 Å². The molecular formula is C26H26F2N2O3. The first-order chi connectivity index (χ1) is 15.9. The van der Waals surface area contributed by atoms with E-state index in [0.717, 1.165) is 16.8 Å². The third-order valence-corrected chi connectivity index (χ3v) is 6.20. The van der Waals surface area contributed by atoms with Crippen LogP contribution in [0.5, 0.6) is 5.75 Å². The molecule has 0 unspecified atom stereocenters. The van der Waals surface area contributed by atoms with Gasteiger partial charge in [0.15, 0.2) is 0 Å². The molecule has 4 rings (SSSR count). The highest BCUT2D eigenvalue weighted by atomic mass is 19.1. The number of nitrogens with one attached hydrogen (secondary N) is 1. The molecule has 1 aliphatic heterocycles. The van der Waals surface area contributed by atoms with Gasteiger partial charge in [-0.3, -0.25) is 9.59 Å². The Hall–Kier alpha value is -3.48. The Morgan fingerprint density at radius 2 is 1.85 bits per heavy atom. The van der Waals surface area contributed by atoms with E-state index in [0.29, 0.717) is 30.7 Å². The molecule has 7 heteroatoms. The van der Waals surface area contributed by atoms with Crippen LogP contribution in [0, 0.1) is 17.6 Å². The van der Waals surface area contributed by atoms with Crippen LogP contribution in [0.2, 0.25) is 0 Å². The molecule has 33 heavy (non-hydrogen) atoms. The Bertz CT molecular complexity index is 1200. The monoisotopic (exact) mass is 452 g/mol. The zero-order valence-corrected chi connectivity index (χ0v) is 18.6. The minimum absolute atomic E-state index is 0.135. The molecule has 2 amide bonds. The lowest BCUT2D eigenvalue weighted by molar-refractivity contribution is -0.127. The minimum atomic E-state index is -0.699. The van der Waals surface area contributed by atoms with Gasteiger partial charge in [-0.25, -0.2) is 8.78 Å². The summed E-state index contributed by atoms with van der Waals surface area (Å²) in [7, 11) is 1.59. The molecule has 0 aromatic heterocycles. The number of hydrogen-bond donors (Lipinski definition) is 1. The van der Waals surface area contributed by atoms with Crippen LogP contribution in [0.25, 0.3) is 10.8 Å². The lowest BCUT2D eigenvalue weighted by Gasteiger charge is -2.33. The smallest absolute Gasteiger partial charge is 0.254 e. The number of ether oxygens (including phenoxy) is 1. The van der Waals surface area contributed by atoms with Gasteiger partial charge in [-0.2, -0.15) is 0 Å². The molecule has 2 atom stereocenters. The standard InChI is InChI=1S/C26H26F2N2O3/c1-16(19-10-9-18(27)14-23(19)28)29-25(31)17-6-5-13-30(15-17)26(32)22-11-12-24(33-2)21-8-4-3-7-20(21)22/h3-4,7-12,14,16-17H,5-6,13,15H2,1-2H3,(H,29,31)/t16-,17+/m0/s1. The van der Waals surface area contributed by atoms with Gasteiger partial charge in [0.1, 0.15) is 17.4 Å². The van der Waals surface area contributed by atoms with E-state index in [1.54, 1.807) is 31.1 Å². The van der Waals surface area contributed by atoms with Crippen molar-refractivity contribution in [2.24, 2.45) is 5.92 Å². The maximum Gasteiger partial charge on any atom is 0.254 e. The summed E-state index contributed by atoms with van der Waals surface area (Å²) in [5.41, 5.74) is 0.785. The maximum atomic E-state index is 14.1. The molecule has 5 nitrogen and oxygen atoms in total. The van der Waals surface area contributed by atoms with E-state index in [1.165, 1.54) is 12.1 Å². The van der Waals surface area contributed by atoms with Crippen LogP contribution in [0.1, 0.15) is 41.7 Å². The highest BCUT2D eigenvalue weighted by Gasteiger charge is 2.30. The van der Waals surface area contributed by atoms with Gasteiger partial charge in [0, 0.05) is 35.7 Å². The van der Waals surface area contributed by atoms with E-state index in [-0.39, 0.29) is 23.9 Å². The number of methoxy groups -OCH3 is 1. The lowest BCUT2D eigenvalue weighted by atomic mass is 9.95. The van der Waals surface area contributed by atoms with Gasteiger partial charge in [-0.05, 0) is 43.4 Å². The van der Waals surface area contributed by atoms with Crippen molar-refractivity contribution in [1.82, 2.24) is 10.2 Å². The zero-order chi connectivity index (χ0) is 23.5. The molecule has 0 saturated carbocycles. The van der Waals surface area contributed by atoms with Crippen molar-refractivity contribution in [1.29, 1.82) is 0 Å². The average molecular weight is 453 g/mol. The first kappa shape index (κ1) is 22.7. The molecule has 0 aliphatic carbocycles. The Labute approximate surface area is 191 Å². The molecule has 0 spiro atoms. The molecule has 1 heterocycles. The second kappa shape index (κ2) is 9.57. The zero-order valence-electron chi connectivity index (χ0n) is 18.6.